The quantitative estimate of drug-likeness (QED) is 0.532. The number of H-pyrrole nitrogens is 1. The van der Waals surface area contributed by atoms with Crippen LogP contribution in [0.3, 0.4) is 0 Å². The number of nitrogens with zero attached hydrogens (tertiary/aromatic N) is 2. The number of nitrogens with one attached hydrogen (secondary N) is 1. The first-order chi connectivity index (χ1) is 12.3. The fourth-order valence-electron chi connectivity index (χ4n) is 2.04. The molecule has 0 fully saturated rings. The Hall–Kier alpha value is -3.43. The maximum atomic E-state index is 12.7. The van der Waals surface area contributed by atoms with Gasteiger partial charge in [0, 0.05) is 6.07 Å². The van der Waals surface area contributed by atoms with Gasteiger partial charge in [-0.15, -0.1) is 5.10 Å². The van der Waals surface area contributed by atoms with Crippen molar-refractivity contribution >= 4 is 11.6 Å². The number of Topliss-reactive ketones (excluding diaryl/α,β-unsaturated/α-hetero) is 2. The number of hydrogen-bond acceptors (Lipinski definition) is 6. The van der Waals surface area contributed by atoms with E-state index in [1.54, 1.807) is 0 Å². The van der Waals surface area contributed by atoms with Gasteiger partial charge in [0.1, 0.15) is 17.8 Å². The average Bonchev–Trinajstić information content (AvgIpc) is 3.26. The van der Waals surface area contributed by atoms with Crippen molar-refractivity contribution in [2.75, 3.05) is 0 Å². The first-order valence-corrected chi connectivity index (χ1v) is 7.20. The van der Waals surface area contributed by atoms with Crippen molar-refractivity contribution in [2.45, 2.75) is 12.6 Å². The first-order valence-electron chi connectivity index (χ1n) is 7.20. The number of carbonyl (C=O) groups excluding carboxylic acids is 2. The van der Waals surface area contributed by atoms with E-state index >= 15 is 0 Å². The molecule has 2 heterocycles. The molecular weight excluding hydrogens is 355 g/mol. The Morgan fingerprint density at radius 3 is 2.69 bits per heavy atom. The number of halogens is 3. The molecule has 10 heteroatoms. The molecule has 0 radical (unpaired) electrons. The van der Waals surface area contributed by atoms with Gasteiger partial charge >= 0.3 is 6.18 Å². The van der Waals surface area contributed by atoms with Crippen molar-refractivity contribution in [3.05, 3.63) is 59.9 Å². The van der Waals surface area contributed by atoms with E-state index in [0.29, 0.717) is 0 Å². The maximum absolute atomic E-state index is 12.7. The summed E-state index contributed by atoms with van der Waals surface area (Å²) in [6.45, 7) is 0. The number of rotatable bonds is 6. The van der Waals surface area contributed by atoms with Crippen LogP contribution < -0.4 is 4.74 Å². The second-order valence-electron chi connectivity index (χ2n) is 5.10. The van der Waals surface area contributed by atoms with Gasteiger partial charge in [-0.3, -0.25) is 14.7 Å². The third-order valence-corrected chi connectivity index (χ3v) is 3.22. The molecule has 0 aliphatic heterocycles. The van der Waals surface area contributed by atoms with E-state index in [0.717, 1.165) is 18.5 Å². The molecule has 0 aliphatic rings. The van der Waals surface area contributed by atoms with Crippen LogP contribution in [0.25, 0.3) is 0 Å². The van der Waals surface area contributed by atoms with Gasteiger partial charge in [-0.2, -0.15) is 13.2 Å². The minimum Gasteiger partial charge on any atom is -0.430 e. The minimum atomic E-state index is -4.50. The summed E-state index contributed by atoms with van der Waals surface area (Å²) in [5, 5.41) is 5.83. The number of aromatic nitrogens is 3. The average molecular weight is 365 g/mol. The topological polar surface area (TPSA) is 98.1 Å². The molecule has 1 N–H and O–H groups in total. The fraction of sp³-hybridized carbons (Fsp3) is 0.125. The second kappa shape index (κ2) is 6.82. The van der Waals surface area contributed by atoms with E-state index in [9.17, 15) is 22.8 Å². The van der Waals surface area contributed by atoms with E-state index < -0.39 is 23.3 Å². The lowest BCUT2D eigenvalue weighted by Gasteiger charge is -2.08. The summed E-state index contributed by atoms with van der Waals surface area (Å²) in [6, 6.07) is 6.97. The summed E-state index contributed by atoms with van der Waals surface area (Å²) >= 11 is 0. The summed E-state index contributed by atoms with van der Waals surface area (Å²) in [5.41, 5.74) is -0.867. The summed E-state index contributed by atoms with van der Waals surface area (Å²) in [4.78, 5) is 27.2. The fourth-order valence-corrected chi connectivity index (χ4v) is 2.04. The Morgan fingerprint density at radius 1 is 1.19 bits per heavy atom. The highest BCUT2D eigenvalue weighted by Crippen LogP contribution is 2.33. The van der Waals surface area contributed by atoms with E-state index in [1.165, 1.54) is 24.3 Å². The van der Waals surface area contributed by atoms with E-state index in [4.69, 9.17) is 9.15 Å². The zero-order valence-corrected chi connectivity index (χ0v) is 12.9. The SMILES string of the molecule is O=C(Cc1ccc(Oc2cccc(C(F)(F)F)c2)o1)C(=O)c1nc[nH]n1. The summed E-state index contributed by atoms with van der Waals surface area (Å²) in [6.07, 6.45) is -3.70. The zero-order chi connectivity index (χ0) is 18.7. The third kappa shape index (κ3) is 3.97. The molecule has 0 saturated carbocycles. The van der Waals surface area contributed by atoms with Gasteiger partial charge in [0.25, 0.3) is 11.7 Å². The largest absolute Gasteiger partial charge is 0.430 e. The number of ketones is 2. The number of hydrogen-bond donors (Lipinski definition) is 1. The molecule has 0 spiro atoms. The van der Waals surface area contributed by atoms with Gasteiger partial charge in [0.15, 0.2) is 0 Å². The lowest BCUT2D eigenvalue weighted by molar-refractivity contribution is -0.137. The Morgan fingerprint density at radius 2 is 2.00 bits per heavy atom. The van der Waals surface area contributed by atoms with Gasteiger partial charge in [-0.25, -0.2) is 4.98 Å². The van der Waals surface area contributed by atoms with Crippen molar-refractivity contribution in [3.8, 4) is 11.7 Å². The minimum absolute atomic E-state index is 0.0798. The molecule has 2 aromatic heterocycles. The molecule has 0 amide bonds. The van der Waals surface area contributed by atoms with E-state index in [1.807, 2.05) is 0 Å². The van der Waals surface area contributed by atoms with E-state index in [2.05, 4.69) is 15.2 Å². The number of ether oxygens (including phenoxy) is 1. The maximum Gasteiger partial charge on any atom is 0.416 e. The van der Waals surface area contributed by atoms with Gasteiger partial charge < -0.3 is 9.15 Å². The first kappa shape index (κ1) is 17.4. The number of carbonyl (C=O) groups is 2. The van der Waals surface area contributed by atoms with Crippen LogP contribution in [0.2, 0.25) is 0 Å². The predicted octanol–water partition coefficient (Wildman–Crippen LogP) is 3.20. The van der Waals surface area contributed by atoms with Crippen LogP contribution in [-0.2, 0) is 17.4 Å². The van der Waals surface area contributed by atoms with Crippen molar-refractivity contribution in [1.29, 1.82) is 0 Å². The molecule has 0 bridgehead atoms. The summed E-state index contributed by atoms with van der Waals surface area (Å²) in [5.74, 6) is -2.03. The lowest BCUT2D eigenvalue weighted by atomic mass is 10.1. The van der Waals surface area contributed by atoms with Gasteiger partial charge in [0.2, 0.25) is 11.6 Å². The molecule has 0 unspecified atom stereocenters. The molecule has 7 nitrogen and oxygen atoms in total. The Labute approximate surface area is 143 Å². The molecule has 26 heavy (non-hydrogen) atoms. The van der Waals surface area contributed by atoms with Crippen LogP contribution in [0.1, 0.15) is 21.9 Å². The normalized spacial score (nSPS) is 11.3. The summed E-state index contributed by atoms with van der Waals surface area (Å²) < 4.78 is 48.5. The van der Waals surface area contributed by atoms with Gasteiger partial charge in [-0.1, -0.05) is 6.07 Å². The molecule has 134 valence electrons. The monoisotopic (exact) mass is 365 g/mol. The van der Waals surface area contributed by atoms with Crippen molar-refractivity contribution in [3.63, 3.8) is 0 Å². The highest BCUT2D eigenvalue weighted by Gasteiger charge is 2.30. The third-order valence-electron chi connectivity index (χ3n) is 3.22. The number of aromatic amines is 1. The van der Waals surface area contributed by atoms with Crippen molar-refractivity contribution in [1.82, 2.24) is 15.2 Å². The number of benzene rings is 1. The molecule has 0 saturated heterocycles. The Bertz CT molecular complexity index is 932. The molecular formula is C16H10F3N3O4. The van der Waals surface area contributed by atoms with Crippen LogP contribution in [0, 0.1) is 0 Å². The van der Waals surface area contributed by atoms with Crippen molar-refractivity contribution < 1.29 is 31.9 Å². The molecule has 1 aromatic carbocycles. The van der Waals surface area contributed by atoms with Crippen LogP contribution in [0.4, 0.5) is 13.2 Å². The Balaban J connectivity index is 1.67. The predicted molar refractivity (Wildman–Crippen MR) is 79.7 cm³/mol. The van der Waals surface area contributed by atoms with Gasteiger partial charge in [0.05, 0.1) is 12.0 Å². The highest BCUT2D eigenvalue weighted by molar-refractivity contribution is 6.42. The smallest absolute Gasteiger partial charge is 0.416 e. The summed E-state index contributed by atoms with van der Waals surface area (Å²) in [7, 11) is 0. The number of alkyl halides is 3. The zero-order valence-electron chi connectivity index (χ0n) is 12.9. The van der Waals surface area contributed by atoms with E-state index in [-0.39, 0.29) is 29.7 Å². The number of furan rings is 1. The lowest BCUT2D eigenvalue weighted by Crippen LogP contribution is -2.17. The van der Waals surface area contributed by atoms with Crippen LogP contribution in [0.5, 0.6) is 11.7 Å². The van der Waals surface area contributed by atoms with Gasteiger partial charge in [-0.05, 0) is 24.3 Å². The van der Waals surface area contributed by atoms with Crippen molar-refractivity contribution in [2.24, 2.45) is 0 Å². The standard InChI is InChI=1S/C16H10F3N3O4/c17-16(18,19)9-2-1-3-10(6-9)25-13-5-4-11(26-13)7-12(23)14(24)15-20-8-21-22-15/h1-6,8H,7H2,(H,20,21,22). The molecule has 0 atom stereocenters. The second-order valence-corrected chi connectivity index (χ2v) is 5.10. The molecule has 3 rings (SSSR count). The highest BCUT2D eigenvalue weighted by atomic mass is 19.4. The van der Waals surface area contributed by atoms with Crippen LogP contribution in [-0.4, -0.2) is 26.7 Å². The molecule has 0 aliphatic carbocycles. The Kier molecular flexibility index (Phi) is 4.57. The van der Waals surface area contributed by atoms with Crippen LogP contribution in [0.15, 0.2) is 47.1 Å². The molecule has 3 aromatic rings. The van der Waals surface area contributed by atoms with Crippen LogP contribution >= 0.6 is 0 Å².